The molecule has 0 aliphatic rings. The molecule has 0 aromatic carbocycles. The maximum atomic E-state index is 12.3. The van der Waals surface area contributed by atoms with Crippen molar-refractivity contribution >= 4 is 27.4 Å². The van der Waals surface area contributed by atoms with Crippen molar-refractivity contribution in [3.05, 3.63) is 41.3 Å². The van der Waals surface area contributed by atoms with E-state index in [0.717, 1.165) is 5.69 Å². The first kappa shape index (κ1) is 14.8. The van der Waals surface area contributed by atoms with E-state index in [1.165, 1.54) is 6.20 Å². The second-order valence-corrected chi connectivity index (χ2v) is 6.19. The van der Waals surface area contributed by atoms with Crippen LogP contribution in [0.15, 0.2) is 35.5 Å². The summed E-state index contributed by atoms with van der Waals surface area (Å²) >= 11 is 5.89. The molecule has 2 aromatic heterocycles. The number of nitrogens with zero attached hydrogens (tertiary/aromatic N) is 2. The highest BCUT2D eigenvalue weighted by Crippen LogP contribution is 2.22. The maximum absolute atomic E-state index is 12.3. The van der Waals surface area contributed by atoms with E-state index in [4.69, 9.17) is 17.3 Å². The Morgan fingerprint density at radius 1 is 1.50 bits per heavy atom. The number of aryl methyl sites for hydroxylation is 1. The molecule has 108 valence electrons. The highest BCUT2D eigenvalue weighted by molar-refractivity contribution is 7.92. The normalized spacial score (nSPS) is 11.6. The molecule has 2 aromatic rings. The molecule has 20 heavy (non-hydrogen) atoms. The smallest absolute Gasteiger partial charge is 0.264 e. The Hall–Kier alpha value is -1.57. The Balaban J connectivity index is 2.36. The van der Waals surface area contributed by atoms with Crippen LogP contribution in [0.1, 0.15) is 12.6 Å². The molecule has 2 heterocycles. The van der Waals surface area contributed by atoms with Gasteiger partial charge in [0.1, 0.15) is 4.90 Å². The fourth-order valence-corrected chi connectivity index (χ4v) is 3.10. The Morgan fingerprint density at radius 2 is 2.25 bits per heavy atom. The minimum Gasteiger partial charge on any atom is -0.349 e. The van der Waals surface area contributed by atoms with Crippen LogP contribution >= 0.6 is 11.6 Å². The first-order valence-corrected chi connectivity index (χ1v) is 7.86. The first-order chi connectivity index (χ1) is 9.47. The number of hydrogen-bond acceptors (Lipinski definition) is 4. The van der Waals surface area contributed by atoms with Gasteiger partial charge < -0.3 is 10.3 Å². The van der Waals surface area contributed by atoms with Crippen molar-refractivity contribution in [2.24, 2.45) is 5.73 Å². The van der Waals surface area contributed by atoms with Crippen LogP contribution in [0.3, 0.4) is 0 Å². The number of nitrogens with two attached hydrogens (primary N) is 1. The van der Waals surface area contributed by atoms with Crippen LogP contribution in [0.25, 0.3) is 0 Å². The van der Waals surface area contributed by atoms with Gasteiger partial charge in [-0.05, 0) is 25.1 Å². The number of aromatic nitrogens is 2. The van der Waals surface area contributed by atoms with Gasteiger partial charge in [0.2, 0.25) is 0 Å². The van der Waals surface area contributed by atoms with E-state index in [1.54, 1.807) is 29.0 Å². The second-order valence-electron chi connectivity index (χ2n) is 4.10. The van der Waals surface area contributed by atoms with Crippen LogP contribution in [0.2, 0.25) is 5.02 Å². The van der Waals surface area contributed by atoms with Gasteiger partial charge in [-0.25, -0.2) is 13.4 Å². The molecular formula is C12H15ClN4O2S. The molecule has 0 unspecified atom stereocenters. The summed E-state index contributed by atoms with van der Waals surface area (Å²) in [6, 6.07) is 4.73. The molecule has 0 aliphatic carbocycles. The summed E-state index contributed by atoms with van der Waals surface area (Å²) < 4.78 is 28.7. The average molecular weight is 315 g/mol. The minimum absolute atomic E-state index is 0.104. The van der Waals surface area contributed by atoms with E-state index >= 15 is 0 Å². The molecule has 0 bridgehead atoms. The van der Waals surface area contributed by atoms with Gasteiger partial charge in [0.25, 0.3) is 10.0 Å². The van der Waals surface area contributed by atoms with Gasteiger partial charge in [-0.2, -0.15) is 0 Å². The van der Waals surface area contributed by atoms with Gasteiger partial charge in [-0.15, -0.1) is 0 Å². The lowest BCUT2D eigenvalue weighted by Crippen LogP contribution is -2.13. The van der Waals surface area contributed by atoms with E-state index in [-0.39, 0.29) is 22.3 Å². The summed E-state index contributed by atoms with van der Waals surface area (Å²) in [5, 5.41) is 0.241. The van der Waals surface area contributed by atoms with Crippen LogP contribution in [-0.2, 0) is 23.1 Å². The summed E-state index contributed by atoms with van der Waals surface area (Å²) in [6.07, 6.45) is 3.01. The third kappa shape index (κ3) is 2.95. The molecule has 8 heteroatoms. The van der Waals surface area contributed by atoms with Crippen molar-refractivity contribution in [1.29, 1.82) is 0 Å². The lowest BCUT2D eigenvalue weighted by Gasteiger charge is -2.06. The van der Waals surface area contributed by atoms with Crippen LogP contribution in [0, 0.1) is 0 Å². The Kier molecular flexibility index (Phi) is 4.32. The number of pyridine rings is 1. The van der Waals surface area contributed by atoms with E-state index < -0.39 is 10.0 Å². The monoisotopic (exact) mass is 314 g/mol. The van der Waals surface area contributed by atoms with Crippen molar-refractivity contribution in [3.63, 3.8) is 0 Å². The predicted molar refractivity (Wildman–Crippen MR) is 78.1 cm³/mol. The van der Waals surface area contributed by atoms with Gasteiger partial charge in [-0.1, -0.05) is 11.6 Å². The third-order valence-corrected chi connectivity index (χ3v) is 4.42. The summed E-state index contributed by atoms with van der Waals surface area (Å²) in [6.45, 7) is 2.83. The second kappa shape index (κ2) is 5.82. The maximum Gasteiger partial charge on any atom is 0.264 e. The largest absolute Gasteiger partial charge is 0.349 e. The average Bonchev–Trinajstić information content (AvgIpc) is 2.85. The topological polar surface area (TPSA) is 90.0 Å². The molecule has 6 nitrogen and oxygen atoms in total. The van der Waals surface area contributed by atoms with Gasteiger partial charge in [0.15, 0.2) is 5.82 Å². The van der Waals surface area contributed by atoms with E-state index in [9.17, 15) is 8.42 Å². The lowest BCUT2D eigenvalue weighted by atomic mass is 10.4. The molecule has 0 amide bonds. The first-order valence-electron chi connectivity index (χ1n) is 6.00. The fraction of sp³-hybridized carbons (Fsp3) is 0.250. The van der Waals surface area contributed by atoms with Gasteiger partial charge in [-0.3, -0.25) is 4.72 Å². The number of nitrogens with one attached hydrogen (secondary N) is 1. The summed E-state index contributed by atoms with van der Waals surface area (Å²) in [7, 11) is -3.73. The number of halogens is 1. The van der Waals surface area contributed by atoms with Gasteiger partial charge >= 0.3 is 0 Å². The predicted octanol–water partition coefficient (Wildman–Crippen LogP) is 1.82. The van der Waals surface area contributed by atoms with Gasteiger partial charge in [0, 0.05) is 31.2 Å². The van der Waals surface area contributed by atoms with Crippen LogP contribution < -0.4 is 10.5 Å². The molecule has 0 radical (unpaired) electrons. The zero-order valence-electron chi connectivity index (χ0n) is 10.9. The third-order valence-electron chi connectivity index (χ3n) is 2.81. The molecular weight excluding hydrogens is 300 g/mol. The minimum atomic E-state index is -3.73. The van der Waals surface area contributed by atoms with Gasteiger partial charge in [0.05, 0.1) is 5.02 Å². The summed E-state index contributed by atoms with van der Waals surface area (Å²) in [5.74, 6) is 0.104. The molecule has 0 saturated carbocycles. The van der Waals surface area contributed by atoms with Crippen molar-refractivity contribution in [3.8, 4) is 0 Å². The Labute approximate surface area is 122 Å². The highest BCUT2D eigenvalue weighted by atomic mass is 35.5. The van der Waals surface area contributed by atoms with E-state index in [0.29, 0.717) is 6.54 Å². The van der Waals surface area contributed by atoms with E-state index in [2.05, 4.69) is 9.71 Å². The number of hydrogen-bond donors (Lipinski definition) is 2. The van der Waals surface area contributed by atoms with Crippen molar-refractivity contribution in [2.75, 3.05) is 4.72 Å². The zero-order chi connectivity index (χ0) is 14.8. The summed E-state index contributed by atoms with van der Waals surface area (Å²) in [4.78, 5) is 4.05. The Bertz CT molecular complexity index is 690. The van der Waals surface area contributed by atoms with Crippen molar-refractivity contribution in [1.82, 2.24) is 9.55 Å². The molecule has 2 rings (SSSR count). The molecule has 0 atom stereocenters. The quantitative estimate of drug-likeness (QED) is 0.880. The number of sulfonamides is 1. The number of anilines is 1. The van der Waals surface area contributed by atoms with Crippen molar-refractivity contribution in [2.45, 2.75) is 24.9 Å². The van der Waals surface area contributed by atoms with Crippen LogP contribution in [-0.4, -0.2) is 18.0 Å². The Morgan fingerprint density at radius 3 is 2.80 bits per heavy atom. The van der Waals surface area contributed by atoms with E-state index in [1.807, 2.05) is 6.92 Å². The summed E-state index contributed by atoms with van der Waals surface area (Å²) in [5.41, 5.74) is 6.34. The number of rotatable bonds is 5. The molecule has 3 N–H and O–H groups in total. The van der Waals surface area contributed by atoms with Crippen molar-refractivity contribution < 1.29 is 8.42 Å². The zero-order valence-corrected chi connectivity index (χ0v) is 12.4. The van der Waals surface area contributed by atoms with Crippen LogP contribution in [0.4, 0.5) is 5.82 Å². The lowest BCUT2D eigenvalue weighted by molar-refractivity contribution is 0.600. The molecule has 0 spiro atoms. The fourth-order valence-electron chi connectivity index (χ4n) is 1.79. The SMILES string of the molecule is CCn1cc(S(=O)(=O)Nc2ncccc2Cl)cc1CN. The standard InChI is InChI=1S/C12H15ClN4O2S/c1-2-17-8-10(6-9(17)7-14)20(18,19)16-12-11(13)4-3-5-15-12/h3-6,8H,2,7,14H2,1H3,(H,15,16). The van der Waals surface area contributed by atoms with Crippen LogP contribution in [0.5, 0.6) is 0 Å². The molecule has 0 aliphatic heterocycles. The molecule has 0 saturated heterocycles. The highest BCUT2D eigenvalue weighted by Gasteiger charge is 2.19. The molecule has 0 fully saturated rings.